The van der Waals surface area contributed by atoms with Gasteiger partial charge in [0, 0.05) is 13.1 Å². The maximum atomic E-state index is 13.2. The van der Waals surface area contributed by atoms with E-state index in [2.05, 4.69) is 11.8 Å². The van der Waals surface area contributed by atoms with Gasteiger partial charge in [-0.3, -0.25) is 4.79 Å². The molecule has 1 unspecified atom stereocenters. The summed E-state index contributed by atoms with van der Waals surface area (Å²) in [6, 6.07) is 0. The molecule has 20 heavy (non-hydrogen) atoms. The van der Waals surface area contributed by atoms with E-state index in [0.29, 0.717) is 12.5 Å². The Bertz CT molecular complexity index is 397. The average molecular weight is 276 g/mol. The SMILES string of the molecule is CC1(CN)CCN(C(=O)C23CC4CC(CC(C4)C2)C3)C1. The maximum Gasteiger partial charge on any atom is 0.228 e. The molecule has 4 bridgehead atoms. The van der Waals surface area contributed by atoms with Gasteiger partial charge in [0.25, 0.3) is 0 Å². The molecule has 3 heteroatoms. The van der Waals surface area contributed by atoms with E-state index < -0.39 is 0 Å². The first-order valence-corrected chi connectivity index (χ1v) is 8.51. The number of carbonyl (C=O) groups is 1. The van der Waals surface area contributed by atoms with Gasteiger partial charge in [-0.05, 0) is 74.7 Å². The standard InChI is InChI=1S/C17H28N2O/c1-16(10-18)2-3-19(11-16)15(20)17-7-12-4-13(8-17)6-14(5-12)9-17/h12-14H,2-11,18H2,1H3. The van der Waals surface area contributed by atoms with Crippen LogP contribution in [0.15, 0.2) is 0 Å². The van der Waals surface area contributed by atoms with E-state index in [1.165, 1.54) is 38.5 Å². The summed E-state index contributed by atoms with van der Waals surface area (Å²) in [7, 11) is 0. The first-order chi connectivity index (χ1) is 9.52. The normalized spacial score (nSPS) is 49.9. The molecule has 0 radical (unpaired) electrons. The fourth-order valence-corrected chi connectivity index (χ4v) is 6.07. The van der Waals surface area contributed by atoms with Crippen LogP contribution in [-0.4, -0.2) is 30.4 Å². The van der Waals surface area contributed by atoms with Crippen LogP contribution >= 0.6 is 0 Å². The Labute approximate surface area is 122 Å². The minimum absolute atomic E-state index is 0.0363. The van der Waals surface area contributed by atoms with Crippen LogP contribution in [0.4, 0.5) is 0 Å². The Balaban J connectivity index is 1.54. The Morgan fingerprint density at radius 2 is 1.70 bits per heavy atom. The Hall–Kier alpha value is -0.570. The topological polar surface area (TPSA) is 46.3 Å². The third-order valence-corrected chi connectivity index (χ3v) is 6.83. The van der Waals surface area contributed by atoms with Crippen LogP contribution < -0.4 is 5.73 Å². The van der Waals surface area contributed by atoms with Gasteiger partial charge in [0.15, 0.2) is 0 Å². The summed E-state index contributed by atoms with van der Waals surface area (Å²) < 4.78 is 0. The number of likely N-dealkylation sites (tertiary alicyclic amines) is 1. The molecule has 4 saturated carbocycles. The molecule has 0 aromatic carbocycles. The minimum atomic E-state index is 0.0363. The van der Waals surface area contributed by atoms with Crippen LogP contribution in [-0.2, 0) is 4.79 Å². The molecule has 0 spiro atoms. The lowest BCUT2D eigenvalue weighted by molar-refractivity contribution is -0.156. The van der Waals surface area contributed by atoms with Crippen molar-refractivity contribution >= 4 is 5.91 Å². The van der Waals surface area contributed by atoms with E-state index in [0.717, 1.165) is 37.3 Å². The average Bonchev–Trinajstić information content (AvgIpc) is 2.80. The van der Waals surface area contributed by atoms with Gasteiger partial charge in [0.05, 0.1) is 5.41 Å². The van der Waals surface area contributed by atoms with E-state index >= 15 is 0 Å². The van der Waals surface area contributed by atoms with Crippen molar-refractivity contribution in [2.45, 2.75) is 51.9 Å². The third kappa shape index (κ3) is 1.85. The molecular formula is C17H28N2O. The fourth-order valence-electron chi connectivity index (χ4n) is 6.07. The van der Waals surface area contributed by atoms with Gasteiger partial charge >= 0.3 is 0 Å². The van der Waals surface area contributed by atoms with Gasteiger partial charge < -0.3 is 10.6 Å². The Kier molecular flexibility index (Phi) is 2.77. The molecule has 3 nitrogen and oxygen atoms in total. The summed E-state index contributed by atoms with van der Waals surface area (Å²) in [5.41, 5.74) is 6.10. The lowest BCUT2D eigenvalue weighted by Gasteiger charge is -2.56. The zero-order chi connectivity index (χ0) is 14.0. The summed E-state index contributed by atoms with van der Waals surface area (Å²) >= 11 is 0. The number of nitrogens with zero attached hydrogens (tertiary/aromatic N) is 1. The van der Waals surface area contributed by atoms with Gasteiger partial charge in [0.1, 0.15) is 0 Å². The van der Waals surface area contributed by atoms with E-state index in [9.17, 15) is 4.79 Å². The van der Waals surface area contributed by atoms with Crippen molar-refractivity contribution in [2.24, 2.45) is 34.3 Å². The third-order valence-electron chi connectivity index (χ3n) is 6.83. The second-order valence-electron chi connectivity index (χ2n) is 8.69. The predicted molar refractivity (Wildman–Crippen MR) is 79.0 cm³/mol. The van der Waals surface area contributed by atoms with Crippen LogP contribution in [0.1, 0.15) is 51.9 Å². The van der Waals surface area contributed by atoms with Gasteiger partial charge in [-0.2, -0.15) is 0 Å². The van der Waals surface area contributed by atoms with Gasteiger partial charge in [-0.25, -0.2) is 0 Å². The molecule has 1 atom stereocenters. The maximum absolute atomic E-state index is 13.2. The number of rotatable bonds is 2. The number of hydrogen-bond acceptors (Lipinski definition) is 2. The van der Waals surface area contributed by atoms with Gasteiger partial charge in [-0.1, -0.05) is 6.92 Å². The second kappa shape index (κ2) is 4.22. The van der Waals surface area contributed by atoms with Crippen LogP contribution in [0.5, 0.6) is 0 Å². The van der Waals surface area contributed by atoms with Crippen molar-refractivity contribution in [2.75, 3.05) is 19.6 Å². The summed E-state index contributed by atoms with van der Waals surface area (Å²) in [6.45, 7) is 4.77. The molecule has 1 saturated heterocycles. The van der Waals surface area contributed by atoms with Gasteiger partial charge in [-0.15, -0.1) is 0 Å². The molecule has 1 aliphatic heterocycles. The molecule has 4 aliphatic carbocycles. The lowest BCUT2D eigenvalue weighted by atomic mass is 9.49. The minimum Gasteiger partial charge on any atom is -0.342 e. The first-order valence-electron chi connectivity index (χ1n) is 8.51. The second-order valence-corrected chi connectivity index (χ2v) is 8.69. The predicted octanol–water partition coefficient (Wildman–Crippen LogP) is 2.40. The molecule has 112 valence electrons. The van der Waals surface area contributed by atoms with E-state index in [1.54, 1.807) is 0 Å². The van der Waals surface area contributed by atoms with Crippen LogP contribution in [0.25, 0.3) is 0 Å². The number of hydrogen-bond donors (Lipinski definition) is 1. The van der Waals surface area contributed by atoms with Crippen molar-refractivity contribution in [3.8, 4) is 0 Å². The van der Waals surface area contributed by atoms with Crippen molar-refractivity contribution in [1.82, 2.24) is 4.90 Å². The van der Waals surface area contributed by atoms with Gasteiger partial charge in [0.2, 0.25) is 5.91 Å². The fraction of sp³-hybridized carbons (Fsp3) is 0.941. The Morgan fingerprint density at radius 3 is 2.15 bits per heavy atom. The zero-order valence-electron chi connectivity index (χ0n) is 12.7. The lowest BCUT2D eigenvalue weighted by Crippen LogP contribution is -2.54. The highest BCUT2D eigenvalue weighted by molar-refractivity contribution is 5.83. The number of nitrogens with two attached hydrogens (primary N) is 1. The monoisotopic (exact) mass is 276 g/mol. The molecule has 2 N–H and O–H groups in total. The molecule has 0 aromatic heterocycles. The summed E-state index contributed by atoms with van der Waals surface area (Å²) in [5.74, 6) is 3.06. The molecular weight excluding hydrogens is 248 g/mol. The van der Waals surface area contributed by atoms with Crippen molar-refractivity contribution < 1.29 is 4.79 Å². The highest BCUT2D eigenvalue weighted by Crippen LogP contribution is 2.60. The van der Waals surface area contributed by atoms with Crippen LogP contribution in [0.2, 0.25) is 0 Å². The van der Waals surface area contributed by atoms with Crippen LogP contribution in [0, 0.1) is 28.6 Å². The molecule has 1 amide bonds. The smallest absolute Gasteiger partial charge is 0.228 e. The molecule has 1 heterocycles. The zero-order valence-corrected chi connectivity index (χ0v) is 12.7. The molecule has 5 fully saturated rings. The quantitative estimate of drug-likeness (QED) is 0.842. The van der Waals surface area contributed by atoms with Crippen molar-refractivity contribution in [3.05, 3.63) is 0 Å². The highest BCUT2D eigenvalue weighted by atomic mass is 16.2. The molecule has 5 rings (SSSR count). The first kappa shape index (κ1) is 13.1. The van der Waals surface area contributed by atoms with Crippen molar-refractivity contribution in [1.29, 1.82) is 0 Å². The van der Waals surface area contributed by atoms with E-state index in [-0.39, 0.29) is 10.8 Å². The number of carbonyl (C=O) groups excluding carboxylic acids is 1. The number of amides is 1. The molecule has 5 aliphatic rings. The summed E-state index contributed by atoms with van der Waals surface area (Å²) in [6.07, 6.45) is 8.88. The Morgan fingerprint density at radius 1 is 1.15 bits per heavy atom. The van der Waals surface area contributed by atoms with E-state index in [4.69, 9.17) is 5.73 Å². The van der Waals surface area contributed by atoms with Crippen molar-refractivity contribution in [3.63, 3.8) is 0 Å². The summed E-state index contributed by atoms with van der Waals surface area (Å²) in [4.78, 5) is 15.4. The largest absolute Gasteiger partial charge is 0.342 e. The van der Waals surface area contributed by atoms with Crippen LogP contribution in [0.3, 0.4) is 0 Å². The summed E-state index contributed by atoms with van der Waals surface area (Å²) in [5, 5.41) is 0. The highest BCUT2D eigenvalue weighted by Gasteiger charge is 2.56. The molecule has 0 aromatic rings. The van der Waals surface area contributed by atoms with E-state index in [1.807, 2.05) is 0 Å².